The summed E-state index contributed by atoms with van der Waals surface area (Å²) in [4.78, 5) is 16.6. The SMILES string of the molecule is Cc1cc(C(F)(F)F)nn1CC(C)C(=O)N1CCN(Cc2ccc(F)cc2Cl)CC1. The molecule has 1 aliphatic heterocycles. The minimum atomic E-state index is -4.51. The van der Waals surface area contributed by atoms with E-state index >= 15 is 0 Å². The summed E-state index contributed by atoms with van der Waals surface area (Å²) in [5.74, 6) is -0.997. The molecule has 3 rings (SSSR count). The molecule has 0 aliphatic carbocycles. The number of aryl methyl sites for hydroxylation is 1. The number of hydrogen-bond donors (Lipinski definition) is 0. The normalized spacial score (nSPS) is 16.7. The lowest BCUT2D eigenvalue weighted by molar-refractivity contribution is -0.141. The van der Waals surface area contributed by atoms with Gasteiger partial charge in [-0.3, -0.25) is 14.4 Å². The van der Waals surface area contributed by atoms with Crippen LogP contribution in [-0.2, 0) is 24.1 Å². The van der Waals surface area contributed by atoms with E-state index in [0.29, 0.717) is 43.4 Å². The third-order valence-corrected chi connectivity index (χ3v) is 5.58. The van der Waals surface area contributed by atoms with Gasteiger partial charge in [-0.05, 0) is 30.7 Å². The number of halogens is 5. The molecule has 10 heteroatoms. The van der Waals surface area contributed by atoms with Crippen molar-refractivity contribution in [3.8, 4) is 0 Å². The molecular weight excluding hydrogens is 424 g/mol. The first kappa shape index (κ1) is 22.6. The molecule has 1 aromatic carbocycles. The maximum atomic E-state index is 13.2. The summed E-state index contributed by atoms with van der Waals surface area (Å²) < 4.78 is 52.9. The lowest BCUT2D eigenvalue weighted by Crippen LogP contribution is -2.50. The smallest absolute Gasteiger partial charge is 0.340 e. The fourth-order valence-electron chi connectivity index (χ4n) is 3.50. The van der Waals surface area contributed by atoms with Crippen molar-refractivity contribution in [2.75, 3.05) is 26.2 Å². The second-order valence-corrected chi connectivity index (χ2v) is 8.00. The number of amides is 1. The molecule has 2 aromatic rings. The molecule has 0 bridgehead atoms. The van der Waals surface area contributed by atoms with E-state index in [0.717, 1.165) is 11.6 Å². The highest BCUT2D eigenvalue weighted by Crippen LogP contribution is 2.28. The van der Waals surface area contributed by atoms with Crippen LogP contribution in [0.3, 0.4) is 0 Å². The van der Waals surface area contributed by atoms with Gasteiger partial charge >= 0.3 is 6.18 Å². The summed E-state index contributed by atoms with van der Waals surface area (Å²) in [7, 11) is 0. The monoisotopic (exact) mass is 446 g/mol. The number of aromatic nitrogens is 2. The molecule has 1 amide bonds. The second-order valence-electron chi connectivity index (χ2n) is 7.59. The zero-order chi connectivity index (χ0) is 22.1. The van der Waals surface area contributed by atoms with E-state index in [1.165, 1.54) is 16.8 Å². The summed E-state index contributed by atoms with van der Waals surface area (Å²) in [5, 5.41) is 3.97. The predicted octanol–water partition coefficient (Wildman–Crippen LogP) is 3.98. The van der Waals surface area contributed by atoms with Gasteiger partial charge in [0, 0.05) is 43.4 Å². The van der Waals surface area contributed by atoms with Crippen LogP contribution >= 0.6 is 11.6 Å². The number of rotatable bonds is 5. The number of benzene rings is 1. The minimum Gasteiger partial charge on any atom is -0.340 e. The molecule has 1 aliphatic rings. The molecule has 2 heterocycles. The van der Waals surface area contributed by atoms with Crippen LogP contribution in [0.2, 0.25) is 5.02 Å². The van der Waals surface area contributed by atoms with Crippen molar-refractivity contribution >= 4 is 17.5 Å². The molecule has 1 unspecified atom stereocenters. The highest BCUT2D eigenvalue weighted by atomic mass is 35.5. The van der Waals surface area contributed by atoms with Crippen molar-refractivity contribution in [3.05, 3.63) is 52.1 Å². The van der Waals surface area contributed by atoms with Crippen LogP contribution in [0.1, 0.15) is 23.9 Å². The van der Waals surface area contributed by atoms with Crippen molar-refractivity contribution in [2.24, 2.45) is 5.92 Å². The van der Waals surface area contributed by atoms with Crippen LogP contribution in [0, 0.1) is 18.7 Å². The summed E-state index contributed by atoms with van der Waals surface area (Å²) in [6, 6.07) is 5.28. The summed E-state index contributed by atoms with van der Waals surface area (Å²) in [5.41, 5.74) is 0.233. The fourth-order valence-corrected chi connectivity index (χ4v) is 3.73. The van der Waals surface area contributed by atoms with Crippen LogP contribution in [0.15, 0.2) is 24.3 Å². The Bertz CT molecular complexity index is 907. The van der Waals surface area contributed by atoms with E-state index in [9.17, 15) is 22.4 Å². The van der Waals surface area contributed by atoms with Gasteiger partial charge in [0.05, 0.1) is 12.5 Å². The molecular formula is C20H23ClF4N4O. The summed E-state index contributed by atoms with van der Waals surface area (Å²) in [6.07, 6.45) is -4.51. The van der Waals surface area contributed by atoms with E-state index in [1.54, 1.807) is 24.8 Å². The Morgan fingerprint density at radius 2 is 1.87 bits per heavy atom. The van der Waals surface area contributed by atoms with Gasteiger partial charge in [-0.2, -0.15) is 18.3 Å². The van der Waals surface area contributed by atoms with Gasteiger partial charge in [-0.1, -0.05) is 24.6 Å². The molecule has 0 saturated carbocycles. The topological polar surface area (TPSA) is 41.4 Å². The van der Waals surface area contributed by atoms with E-state index in [4.69, 9.17) is 11.6 Å². The average molecular weight is 447 g/mol. The standard InChI is InChI=1S/C20H23ClF4N4O/c1-13(11-29-14(2)9-18(26-29)20(23,24)25)19(30)28-7-5-27(6-8-28)12-15-3-4-16(22)10-17(15)21/h3-4,9-10,13H,5-8,11-12H2,1-2H3. The molecule has 1 saturated heterocycles. The zero-order valence-corrected chi connectivity index (χ0v) is 17.5. The Morgan fingerprint density at radius 1 is 1.20 bits per heavy atom. The lowest BCUT2D eigenvalue weighted by Gasteiger charge is -2.36. The molecule has 1 aromatic heterocycles. The maximum Gasteiger partial charge on any atom is 0.435 e. The van der Waals surface area contributed by atoms with Crippen LogP contribution in [0.4, 0.5) is 17.6 Å². The largest absolute Gasteiger partial charge is 0.435 e. The van der Waals surface area contributed by atoms with Gasteiger partial charge in [0.2, 0.25) is 5.91 Å². The van der Waals surface area contributed by atoms with Crippen LogP contribution < -0.4 is 0 Å². The van der Waals surface area contributed by atoms with Crippen molar-refractivity contribution in [1.82, 2.24) is 19.6 Å². The van der Waals surface area contributed by atoms with Gasteiger partial charge in [-0.25, -0.2) is 4.39 Å². The van der Waals surface area contributed by atoms with Crippen molar-refractivity contribution in [2.45, 2.75) is 33.1 Å². The van der Waals surface area contributed by atoms with Crippen LogP contribution in [0.25, 0.3) is 0 Å². The number of carbonyl (C=O) groups excluding carboxylic acids is 1. The van der Waals surface area contributed by atoms with Gasteiger partial charge in [-0.15, -0.1) is 0 Å². The quantitative estimate of drug-likeness (QED) is 0.652. The van der Waals surface area contributed by atoms with Crippen molar-refractivity contribution < 1.29 is 22.4 Å². The molecule has 164 valence electrons. The molecule has 5 nitrogen and oxygen atoms in total. The lowest BCUT2D eigenvalue weighted by atomic mass is 10.1. The number of hydrogen-bond acceptors (Lipinski definition) is 3. The molecule has 30 heavy (non-hydrogen) atoms. The summed E-state index contributed by atoms with van der Waals surface area (Å²) in [6.45, 7) is 6.16. The van der Waals surface area contributed by atoms with E-state index < -0.39 is 17.8 Å². The zero-order valence-electron chi connectivity index (χ0n) is 16.7. The van der Waals surface area contributed by atoms with Gasteiger partial charge < -0.3 is 4.90 Å². The first-order valence-electron chi connectivity index (χ1n) is 9.61. The molecule has 0 spiro atoms. The Labute approximate surface area is 177 Å². The average Bonchev–Trinajstić information content (AvgIpc) is 3.05. The molecule has 1 atom stereocenters. The van der Waals surface area contributed by atoms with Crippen LogP contribution in [0.5, 0.6) is 0 Å². The van der Waals surface area contributed by atoms with E-state index in [2.05, 4.69) is 10.00 Å². The van der Waals surface area contributed by atoms with Crippen molar-refractivity contribution in [3.63, 3.8) is 0 Å². The minimum absolute atomic E-state index is 0.0894. The van der Waals surface area contributed by atoms with Crippen molar-refractivity contribution in [1.29, 1.82) is 0 Å². The number of nitrogens with zero attached hydrogens (tertiary/aromatic N) is 4. The van der Waals surface area contributed by atoms with Gasteiger partial charge in [0.15, 0.2) is 5.69 Å². The molecule has 1 fully saturated rings. The Balaban J connectivity index is 1.54. The Kier molecular flexibility index (Phi) is 6.71. The maximum absolute atomic E-state index is 13.2. The second kappa shape index (κ2) is 8.93. The Morgan fingerprint density at radius 3 is 2.43 bits per heavy atom. The molecule has 0 radical (unpaired) electrons. The van der Waals surface area contributed by atoms with Gasteiger partial charge in [0.1, 0.15) is 5.82 Å². The van der Waals surface area contributed by atoms with E-state index in [-0.39, 0.29) is 18.3 Å². The third kappa shape index (κ3) is 5.31. The van der Waals surface area contributed by atoms with Gasteiger partial charge in [0.25, 0.3) is 0 Å². The highest BCUT2D eigenvalue weighted by Gasteiger charge is 2.35. The number of piperazine rings is 1. The van der Waals surface area contributed by atoms with E-state index in [1.807, 2.05) is 0 Å². The molecule has 0 N–H and O–H groups in total. The highest BCUT2D eigenvalue weighted by molar-refractivity contribution is 6.31. The predicted molar refractivity (Wildman–Crippen MR) is 104 cm³/mol. The fraction of sp³-hybridized carbons (Fsp3) is 0.500. The number of carbonyl (C=O) groups is 1. The number of alkyl halides is 3. The first-order valence-corrected chi connectivity index (χ1v) is 9.99. The third-order valence-electron chi connectivity index (χ3n) is 5.23. The van der Waals surface area contributed by atoms with Crippen LogP contribution in [-0.4, -0.2) is 51.7 Å². The Hall–Kier alpha value is -2.13. The first-order chi connectivity index (χ1) is 14.0. The summed E-state index contributed by atoms with van der Waals surface area (Å²) >= 11 is 6.08.